The minimum Gasteiger partial charge on any atom is -0.392 e. The Kier molecular flexibility index (Phi) is 3.50. The van der Waals surface area contributed by atoms with Crippen molar-refractivity contribution in [3.8, 4) is 0 Å². The third kappa shape index (κ3) is 2.57. The number of rotatable bonds is 3. The molecule has 0 bridgehead atoms. The lowest BCUT2D eigenvalue weighted by Gasteiger charge is -2.23. The summed E-state index contributed by atoms with van der Waals surface area (Å²) in [6, 6.07) is 4.74. The van der Waals surface area contributed by atoms with Crippen LogP contribution in [0.1, 0.15) is 23.7 Å². The molecule has 0 aliphatic carbocycles. The van der Waals surface area contributed by atoms with Crippen molar-refractivity contribution in [3.05, 3.63) is 53.4 Å². The van der Waals surface area contributed by atoms with Gasteiger partial charge < -0.3 is 9.63 Å². The van der Waals surface area contributed by atoms with Gasteiger partial charge in [0, 0.05) is 30.8 Å². The third-order valence-electron chi connectivity index (χ3n) is 3.55. The lowest BCUT2D eigenvalue weighted by atomic mass is 10.0. The maximum atomic E-state index is 13.9. The molecule has 0 unspecified atom stereocenters. The van der Waals surface area contributed by atoms with Crippen LogP contribution in [0, 0.1) is 11.6 Å². The molecule has 0 amide bonds. The largest absolute Gasteiger partial charge is 0.392 e. The number of hydrogen-bond acceptors (Lipinski definition) is 4. The number of nitrogens with zero attached hydrogens (tertiary/aromatic N) is 2. The topological polar surface area (TPSA) is 49.5 Å². The van der Waals surface area contributed by atoms with Gasteiger partial charge in [0.1, 0.15) is 17.9 Å². The van der Waals surface area contributed by atoms with E-state index in [1.807, 2.05) is 4.90 Å². The standard InChI is InChI=1S/C14H14F2N2O2/c15-9-1-2-13(16)12(5-9)14-6-11(19)8-18(14)7-10-3-4-20-17-10/h1-5,11,14,19H,6-8H2/t11-,14+/m0/s1. The molecule has 2 aromatic rings. The van der Waals surface area contributed by atoms with Gasteiger partial charge in [-0.3, -0.25) is 4.90 Å². The predicted octanol–water partition coefficient (Wildman–Crippen LogP) is 2.26. The summed E-state index contributed by atoms with van der Waals surface area (Å²) in [7, 11) is 0. The molecule has 2 atom stereocenters. The number of aliphatic hydroxyl groups is 1. The van der Waals surface area contributed by atoms with Gasteiger partial charge in [-0.2, -0.15) is 0 Å². The smallest absolute Gasteiger partial charge is 0.128 e. The number of likely N-dealkylation sites (tertiary alicyclic amines) is 1. The van der Waals surface area contributed by atoms with Crippen LogP contribution in [0.2, 0.25) is 0 Å². The molecule has 1 N–H and O–H groups in total. The minimum atomic E-state index is -0.561. The van der Waals surface area contributed by atoms with Gasteiger partial charge in [0.2, 0.25) is 0 Å². The molecule has 1 aliphatic heterocycles. The van der Waals surface area contributed by atoms with E-state index < -0.39 is 17.7 Å². The van der Waals surface area contributed by atoms with Crippen LogP contribution in [0.15, 0.2) is 35.1 Å². The Morgan fingerprint density at radius 2 is 2.20 bits per heavy atom. The highest BCUT2D eigenvalue weighted by atomic mass is 19.1. The van der Waals surface area contributed by atoms with Crippen LogP contribution in [0.5, 0.6) is 0 Å². The van der Waals surface area contributed by atoms with Crippen molar-refractivity contribution in [2.45, 2.75) is 25.1 Å². The van der Waals surface area contributed by atoms with Crippen molar-refractivity contribution in [1.82, 2.24) is 10.1 Å². The quantitative estimate of drug-likeness (QED) is 0.937. The van der Waals surface area contributed by atoms with Crippen molar-refractivity contribution in [2.75, 3.05) is 6.54 Å². The summed E-state index contributed by atoms with van der Waals surface area (Å²) >= 11 is 0. The number of β-amino-alcohol motifs (C(OH)–C–C–N with tert-alkyl or cyclic N) is 1. The predicted molar refractivity (Wildman–Crippen MR) is 66.6 cm³/mol. The number of aliphatic hydroxyl groups excluding tert-OH is 1. The van der Waals surface area contributed by atoms with Crippen molar-refractivity contribution in [2.24, 2.45) is 0 Å². The van der Waals surface area contributed by atoms with Crippen LogP contribution in [0.4, 0.5) is 8.78 Å². The monoisotopic (exact) mass is 280 g/mol. The van der Waals surface area contributed by atoms with Crippen LogP contribution < -0.4 is 0 Å². The van der Waals surface area contributed by atoms with E-state index in [1.165, 1.54) is 12.3 Å². The van der Waals surface area contributed by atoms with E-state index in [9.17, 15) is 13.9 Å². The van der Waals surface area contributed by atoms with Gasteiger partial charge in [-0.05, 0) is 24.6 Å². The van der Waals surface area contributed by atoms with E-state index in [4.69, 9.17) is 4.52 Å². The minimum absolute atomic E-state index is 0.269. The molecule has 6 heteroatoms. The first-order valence-corrected chi connectivity index (χ1v) is 6.40. The average Bonchev–Trinajstić information content (AvgIpc) is 3.03. The highest BCUT2D eigenvalue weighted by molar-refractivity contribution is 5.24. The van der Waals surface area contributed by atoms with Crippen molar-refractivity contribution < 1.29 is 18.4 Å². The van der Waals surface area contributed by atoms with Gasteiger partial charge in [0.05, 0.1) is 11.8 Å². The summed E-state index contributed by atoms with van der Waals surface area (Å²) in [5.74, 6) is -0.945. The van der Waals surface area contributed by atoms with E-state index >= 15 is 0 Å². The summed E-state index contributed by atoms with van der Waals surface area (Å²) in [6.45, 7) is 0.821. The molecular formula is C14H14F2N2O2. The number of halogens is 2. The van der Waals surface area contributed by atoms with Gasteiger partial charge in [0.25, 0.3) is 0 Å². The molecule has 20 heavy (non-hydrogen) atoms. The molecule has 0 saturated carbocycles. The molecule has 1 aromatic heterocycles. The first kappa shape index (κ1) is 13.2. The maximum absolute atomic E-state index is 13.9. The lowest BCUT2D eigenvalue weighted by Crippen LogP contribution is -2.25. The van der Waals surface area contributed by atoms with Gasteiger partial charge in [0.15, 0.2) is 0 Å². The Balaban J connectivity index is 1.87. The Morgan fingerprint density at radius 3 is 2.95 bits per heavy atom. The molecule has 4 nitrogen and oxygen atoms in total. The zero-order valence-electron chi connectivity index (χ0n) is 10.7. The molecule has 2 heterocycles. The Bertz CT molecular complexity index is 589. The number of aromatic nitrogens is 1. The van der Waals surface area contributed by atoms with Gasteiger partial charge in [-0.15, -0.1) is 0 Å². The normalized spacial score (nSPS) is 23.4. The highest BCUT2D eigenvalue weighted by Gasteiger charge is 2.34. The first-order chi connectivity index (χ1) is 9.63. The molecule has 1 fully saturated rings. The second kappa shape index (κ2) is 5.30. The SMILES string of the molecule is O[C@H]1C[C@H](c2cc(F)ccc2F)N(Cc2ccon2)C1. The second-order valence-electron chi connectivity index (χ2n) is 4.99. The van der Waals surface area contributed by atoms with Gasteiger partial charge >= 0.3 is 0 Å². The molecule has 0 radical (unpaired) electrons. The molecule has 0 spiro atoms. The first-order valence-electron chi connectivity index (χ1n) is 6.40. The van der Waals surface area contributed by atoms with E-state index in [0.29, 0.717) is 25.2 Å². The summed E-state index contributed by atoms with van der Waals surface area (Å²) in [6.07, 6.45) is 1.27. The van der Waals surface area contributed by atoms with E-state index in [-0.39, 0.29) is 11.6 Å². The second-order valence-corrected chi connectivity index (χ2v) is 4.99. The molecule has 1 aromatic carbocycles. The van der Waals surface area contributed by atoms with Crippen LogP contribution >= 0.6 is 0 Å². The number of hydrogen-bond donors (Lipinski definition) is 1. The highest BCUT2D eigenvalue weighted by Crippen LogP contribution is 2.34. The van der Waals surface area contributed by atoms with E-state index in [1.54, 1.807) is 6.07 Å². The average molecular weight is 280 g/mol. The maximum Gasteiger partial charge on any atom is 0.128 e. The fraction of sp³-hybridized carbons (Fsp3) is 0.357. The van der Waals surface area contributed by atoms with Gasteiger partial charge in [-0.1, -0.05) is 5.16 Å². The van der Waals surface area contributed by atoms with Crippen molar-refractivity contribution >= 4 is 0 Å². The van der Waals surface area contributed by atoms with E-state index in [2.05, 4.69) is 5.16 Å². The molecule has 106 valence electrons. The molecule has 1 saturated heterocycles. The number of benzene rings is 1. The Morgan fingerprint density at radius 1 is 1.35 bits per heavy atom. The van der Waals surface area contributed by atoms with Gasteiger partial charge in [-0.25, -0.2) is 8.78 Å². The third-order valence-corrected chi connectivity index (χ3v) is 3.55. The fourth-order valence-electron chi connectivity index (χ4n) is 2.67. The van der Waals surface area contributed by atoms with Crippen LogP contribution in [-0.4, -0.2) is 27.8 Å². The van der Waals surface area contributed by atoms with Crippen LogP contribution in [-0.2, 0) is 6.54 Å². The zero-order chi connectivity index (χ0) is 14.1. The summed E-state index contributed by atoms with van der Waals surface area (Å²) in [5, 5.41) is 13.6. The fourth-order valence-corrected chi connectivity index (χ4v) is 2.67. The van der Waals surface area contributed by atoms with E-state index in [0.717, 1.165) is 12.1 Å². The Hall–Kier alpha value is -1.79. The summed E-state index contributed by atoms with van der Waals surface area (Å²) in [5.41, 5.74) is 0.964. The summed E-state index contributed by atoms with van der Waals surface area (Å²) in [4.78, 5) is 1.88. The Labute approximate surface area is 114 Å². The summed E-state index contributed by atoms with van der Waals surface area (Å²) < 4.78 is 32.0. The molecule has 1 aliphatic rings. The van der Waals surface area contributed by atoms with Crippen molar-refractivity contribution in [1.29, 1.82) is 0 Å². The molecule has 3 rings (SSSR count). The lowest BCUT2D eigenvalue weighted by molar-refractivity contribution is 0.171. The van der Waals surface area contributed by atoms with Crippen LogP contribution in [0.3, 0.4) is 0 Å². The zero-order valence-corrected chi connectivity index (χ0v) is 10.7. The van der Waals surface area contributed by atoms with Crippen molar-refractivity contribution in [3.63, 3.8) is 0 Å². The van der Waals surface area contributed by atoms with Crippen LogP contribution in [0.25, 0.3) is 0 Å². The molecular weight excluding hydrogens is 266 g/mol.